The highest BCUT2D eigenvalue weighted by Crippen LogP contribution is 2.14. The number of carbonyl (C=O) groups is 1. The molecule has 3 N–H and O–H groups in total. The van der Waals surface area contributed by atoms with E-state index in [1.165, 1.54) is 11.3 Å². The van der Waals surface area contributed by atoms with Crippen LogP contribution in [0.2, 0.25) is 0 Å². The number of hydrogen-bond acceptors (Lipinski definition) is 5. The van der Waals surface area contributed by atoms with Gasteiger partial charge in [-0.2, -0.15) is 0 Å². The Bertz CT molecular complexity index is 524. The maximum atomic E-state index is 11.9. The van der Waals surface area contributed by atoms with E-state index in [1.807, 2.05) is 6.92 Å². The van der Waals surface area contributed by atoms with Crippen LogP contribution in [0.25, 0.3) is 0 Å². The highest BCUT2D eigenvalue weighted by atomic mass is 32.1. The summed E-state index contributed by atoms with van der Waals surface area (Å²) in [5, 5.41) is 5.07. The molecule has 0 aliphatic heterocycles. The first kappa shape index (κ1) is 11.5. The lowest BCUT2D eigenvalue weighted by Gasteiger charge is -2.05. The molecule has 6 heteroatoms. The Balaban J connectivity index is 2.21. The molecular formula is C11H12N4OS. The molecule has 2 aromatic heterocycles. The second-order valence-corrected chi connectivity index (χ2v) is 4.31. The minimum absolute atomic E-state index is 0.219. The number of amides is 1. The standard InChI is InChI=1S/C11H12N4OS/c1-2-8-5-7(6-9(12)14-8)10(16)15-11-13-3-4-17-11/h3-6H,2H2,1H3,(H2,12,14)(H,13,15,16). The molecule has 0 aromatic carbocycles. The number of aryl methyl sites for hydroxylation is 1. The lowest BCUT2D eigenvalue weighted by molar-refractivity contribution is 0.102. The lowest BCUT2D eigenvalue weighted by Crippen LogP contribution is -2.13. The Labute approximate surface area is 103 Å². The van der Waals surface area contributed by atoms with Crippen molar-refractivity contribution in [1.29, 1.82) is 0 Å². The lowest BCUT2D eigenvalue weighted by atomic mass is 10.2. The Kier molecular flexibility index (Phi) is 3.34. The van der Waals surface area contributed by atoms with Gasteiger partial charge in [0.1, 0.15) is 5.82 Å². The van der Waals surface area contributed by atoms with Gasteiger partial charge in [-0.1, -0.05) is 6.92 Å². The van der Waals surface area contributed by atoms with E-state index in [4.69, 9.17) is 5.73 Å². The van der Waals surface area contributed by atoms with Gasteiger partial charge >= 0.3 is 0 Å². The van der Waals surface area contributed by atoms with Crippen LogP contribution in [0.3, 0.4) is 0 Å². The fourth-order valence-electron chi connectivity index (χ4n) is 1.38. The topological polar surface area (TPSA) is 80.9 Å². The summed E-state index contributed by atoms with van der Waals surface area (Å²) in [6.45, 7) is 1.96. The van der Waals surface area contributed by atoms with Gasteiger partial charge in [-0.15, -0.1) is 11.3 Å². The molecule has 0 bridgehead atoms. The molecule has 2 rings (SSSR count). The van der Waals surface area contributed by atoms with Gasteiger partial charge in [-0.25, -0.2) is 9.97 Å². The molecule has 1 amide bonds. The molecule has 2 heterocycles. The van der Waals surface area contributed by atoms with Crippen molar-refractivity contribution in [3.8, 4) is 0 Å². The Morgan fingerprint density at radius 3 is 3.00 bits per heavy atom. The maximum absolute atomic E-state index is 11.9. The van der Waals surface area contributed by atoms with Gasteiger partial charge in [0.2, 0.25) is 0 Å². The number of hydrogen-bond donors (Lipinski definition) is 2. The van der Waals surface area contributed by atoms with Gasteiger partial charge in [0.15, 0.2) is 5.13 Å². The second kappa shape index (κ2) is 4.92. The average Bonchev–Trinajstić information content (AvgIpc) is 2.81. The predicted octanol–water partition coefficient (Wildman–Crippen LogP) is 1.93. The van der Waals surface area contributed by atoms with Crippen LogP contribution in [0.15, 0.2) is 23.7 Å². The quantitative estimate of drug-likeness (QED) is 0.869. The number of nitrogens with two attached hydrogens (primary N) is 1. The van der Waals surface area contributed by atoms with Crippen LogP contribution >= 0.6 is 11.3 Å². The molecule has 0 atom stereocenters. The predicted molar refractivity (Wildman–Crippen MR) is 68.1 cm³/mol. The maximum Gasteiger partial charge on any atom is 0.257 e. The molecular weight excluding hydrogens is 236 g/mol. The molecule has 5 nitrogen and oxygen atoms in total. The van der Waals surface area contributed by atoms with E-state index in [9.17, 15) is 4.79 Å². The number of thiazole rings is 1. The van der Waals surface area contributed by atoms with Crippen molar-refractivity contribution in [2.75, 3.05) is 11.1 Å². The van der Waals surface area contributed by atoms with E-state index in [1.54, 1.807) is 23.7 Å². The smallest absolute Gasteiger partial charge is 0.257 e. The summed E-state index contributed by atoms with van der Waals surface area (Å²) in [6.07, 6.45) is 2.38. The summed E-state index contributed by atoms with van der Waals surface area (Å²) in [5.74, 6) is 0.136. The molecule has 0 aliphatic rings. The number of aromatic nitrogens is 2. The Morgan fingerprint density at radius 2 is 2.35 bits per heavy atom. The number of nitrogens with zero attached hydrogens (tertiary/aromatic N) is 2. The number of nitrogen functional groups attached to an aromatic ring is 1. The van der Waals surface area contributed by atoms with E-state index in [-0.39, 0.29) is 5.91 Å². The van der Waals surface area contributed by atoms with Crippen molar-refractivity contribution in [1.82, 2.24) is 9.97 Å². The number of pyridine rings is 1. The fourth-order valence-corrected chi connectivity index (χ4v) is 1.90. The van der Waals surface area contributed by atoms with Gasteiger partial charge in [-0.3, -0.25) is 10.1 Å². The molecule has 0 saturated heterocycles. The molecule has 0 fully saturated rings. The monoisotopic (exact) mass is 248 g/mol. The van der Waals surface area contributed by atoms with Crippen molar-refractivity contribution >= 4 is 28.2 Å². The first-order valence-corrected chi connectivity index (χ1v) is 6.04. The van der Waals surface area contributed by atoms with Crippen LogP contribution in [0.1, 0.15) is 23.0 Å². The molecule has 88 valence electrons. The summed E-state index contributed by atoms with van der Waals surface area (Å²) in [5.41, 5.74) is 6.95. The van der Waals surface area contributed by atoms with Crippen molar-refractivity contribution in [3.05, 3.63) is 35.0 Å². The Hall–Kier alpha value is -1.95. The van der Waals surface area contributed by atoms with Crippen LogP contribution in [0.5, 0.6) is 0 Å². The SMILES string of the molecule is CCc1cc(C(=O)Nc2nccs2)cc(N)n1. The van der Waals surface area contributed by atoms with Gasteiger partial charge < -0.3 is 5.73 Å². The van der Waals surface area contributed by atoms with Gasteiger partial charge in [0.25, 0.3) is 5.91 Å². The third-order valence-electron chi connectivity index (χ3n) is 2.18. The number of nitrogens with one attached hydrogen (secondary N) is 1. The van der Waals surface area contributed by atoms with Crippen LogP contribution in [0, 0.1) is 0 Å². The molecule has 0 aliphatic carbocycles. The fraction of sp³-hybridized carbons (Fsp3) is 0.182. The van der Waals surface area contributed by atoms with Gasteiger partial charge in [0.05, 0.1) is 0 Å². The van der Waals surface area contributed by atoms with E-state index in [0.717, 1.165) is 12.1 Å². The van der Waals surface area contributed by atoms with Crippen LogP contribution in [-0.2, 0) is 6.42 Å². The number of anilines is 2. The molecule has 0 saturated carbocycles. The van der Waals surface area contributed by atoms with Crippen molar-refractivity contribution in [3.63, 3.8) is 0 Å². The third-order valence-corrected chi connectivity index (χ3v) is 2.86. The van der Waals surface area contributed by atoms with Gasteiger partial charge in [0, 0.05) is 22.8 Å². The number of rotatable bonds is 3. The first-order chi connectivity index (χ1) is 8.19. The molecule has 0 radical (unpaired) electrons. The summed E-state index contributed by atoms with van der Waals surface area (Å²) >= 11 is 1.37. The average molecular weight is 248 g/mol. The molecule has 17 heavy (non-hydrogen) atoms. The zero-order valence-corrected chi connectivity index (χ0v) is 10.1. The summed E-state index contributed by atoms with van der Waals surface area (Å²) in [4.78, 5) is 20.0. The zero-order chi connectivity index (χ0) is 12.3. The second-order valence-electron chi connectivity index (χ2n) is 3.42. The Morgan fingerprint density at radius 1 is 1.53 bits per heavy atom. The minimum Gasteiger partial charge on any atom is -0.384 e. The van der Waals surface area contributed by atoms with Crippen molar-refractivity contribution < 1.29 is 4.79 Å². The highest BCUT2D eigenvalue weighted by molar-refractivity contribution is 7.13. The molecule has 0 spiro atoms. The van der Waals surface area contributed by atoms with Crippen molar-refractivity contribution in [2.24, 2.45) is 0 Å². The summed E-state index contributed by atoms with van der Waals surface area (Å²) in [6, 6.07) is 3.29. The van der Waals surface area contributed by atoms with Crippen molar-refractivity contribution in [2.45, 2.75) is 13.3 Å². The first-order valence-electron chi connectivity index (χ1n) is 5.16. The van der Waals surface area contributed by atoms with Crippen LogP contribution in [-0.4, -0.2) is 15.9 Å². The van der Waals surface area contributed by atoms with E-state index >= 15 is 0 Å². The van der Waals surface area contributed by atoms with Gasteiger partial charge in [-0.05, 0) is 18.6 Å². The molecule has 2 aromatic rings. The van der Waals surface area contributed by atoms with E-state index in [0.29, 0.717) is 16.5 Å². The van der Waals surface area contributed by atoms with E-state index in [2.05, 4.69) is 15.3 Å². The molecule has 0 unspecified atom stereocenters. The third kappa shape index (κ3) is 2.79. The van der Waals surface area contributed by atoms with Crippen LogP contribution < -0.4 is 11.1 Å². The normalized spacial score (nSPS) is 10.2. The van der Waals surface area contributed by atoms with E-state index < -0.39 is 0 Å². The van der Waals surface area contributed by atoms with Crippen LogP contribution in [0.4, 0.5) is 10.9 Å². The largest absolute Gasteiger partial charge is 0.384 e. The summed E-state index contributed by atoms with van der Waals surface area (Å²) < 4.78 is 0. The highest BCUT2D eigenvalue weighted by Gasteiger charge is 2.09. The summed E-state index contributed by atoms with van der Waals surface area (Å²) in [7, 11) is 0. The zero-order valence-electron chi connectivity index (χ0n) is 9.30. The minimum atomic E-state index is -0.219. The number of carbonyl (C=O) groups excluding carboxylic acids is 1.